The zero-order valence-electron chi connectivity index (χ0n) is 12.7. The third-order valence-corrected chi connectivity index (χ3v) is 3.51. The number of carbonyl (C=O) groups is 1. The topological polar surface area (TPSA) is 71.3 Å². The number of aromatic nitrogens is 2. The first kappa shape index (κ1) is 14.8. The normalized spacial score (nSPS) is 19.7. The highest BCUT2D eigenvalue weighted by atomic mass is 16.5. The zero-order valence-corrected chi connectivity index (χ0v) is 12.7. The quantitative estimate of drug-likeness (QED) is 0.912. The van der Waals surface area contributed by atoms with Gasteiger partial charge in [-0.05, 0) is 12.8 Å². The van der Waals surface area contributed by atoms with Crippen LogP contribution in [0.25, 0.3) is 0 Å². The molecule has 1 aliphatic rings. The van der Waals surface area contributed by atoms with Crippen LogP contribution in [0.4, 0.5) is 6.01 Å². The molecule has 1 unspecified atom stereocenters. The molecule has 0 aromatic carbocycles. The van der Waals surface area contributed by atoms with Gasteiger partial charge in [0.05, 0.1) is 0 Å². The molecule has 0 spiro atoms. The standard InChI is InChI=1S/C14H24N4O2/c1-9(2)12-16-14(20-17-12)18-7-5-6-11(8-18)15-13(19)10(3)4/h9-11H,5-8H2,1-4H3,(H,15,19). The van der Waals surface area contributed by atoms with E-state index in [2.05, 4.69) is 20.4 Å². The van der Waals surface area contributed by atoms with Crippen molar-refractivity contribution in [3.63, 3.8) is 0 Å². The van der Waals surface area contributed by atoms with Crippen molar-refractivity contribution in [2.75, 3.05) is 18.0 Å². The van der Waals surface area contributed by atoms with E-state index in [0.717, 1.165) is 31.8 Å². The molecule has 1 N–H and O–H groups in total. The Labute approximate surface area is 119 Å². The smallest absolute Gasteiger partial charge is 0.324 e. The van der Waals surface area contributed by atoms with Gasteiger partial charge in [0.2, 0.25) is 5.91 Å². The number of hydrogen-bond acceptors (Lipinski definition) is 5. The Kier molecular flexibility index (Phi) is 4.62. The molecule has 0 saturated carbocycles. The number of amides is 1. The first-order chi connectivity index (χ1) is 9.47. The lowest BCUT2D eigenvalue weighted by Gasteiger charge is -2.32. The summed E-state index contributed by atoms with van der Waals surface area (Å²) in [4.78, 5) is 18.2. The third kappa shape index (κ3) is 3.49. The Morgan fingerprint density at radius 1 is 1.40 bits per heavy atom. The van der Waals surface area contributed by atoms with Gasteiger partial charge >= 0.3 is 6.01 Å². The predicted molar refractivity (Wildman–Crippen MR) is 76.6 cm³/mol. The molecule has 1 amide bonds. The lowest BCUT2D eigenvalue weighted by Crippen LogP contribution is -2.48. The molecule has 20 heavy (non-hydrogen) atoms. The summed E-state index contributed by atoms with van der Waals surface area (Å²) in [6.45, 7) is 9.52. The average Bonchev–Trinajstić information content (AvgIpc) is 2.88. The second-order valence-electron chi connectivity index (χ2n) is 6.04. The number of nitrogens with one attached hydrogen (secondary N) is 1. The maximum Gasteiger partial charge on any atom is 0.324 e. The Balaban J connectivity index is 1.97. The SMILES string of the molecule is CC(C)C(=O)NC1CCCN(c2nc(C(C)C)no2)C1. The van der Waals surface area contributed by atoms with Crippen LogP contribution >= 0.6 is 0 Å². The van der Waals surface area contributed by atoms with E-state index < -0.39 is 0 Å². The number of hydrogen-bond donors (Lipinski definition) is 1. The lowest BCUT2D eigenvalue weighted by atomic mass is 10.1. The summed E-state index contributed by atoms with van der Waals surface area (Å²) in [5.74, 6) is 1.11. The highest BCUT2D eigenvalue weighted by Crippen LogP contribution is 2.20. The Morgan fingerprint density at radius 2 is 2.15 bits per heavy atom. The van der Waals surface area contributed by atoms with Crippen LogP contribution in [0.15, 0.2) is 4.52 Å². The molecule has 0 aliphatic carbocycles. The molecule has 1 aliphatic heterocycles. The van der Waals surface area contributed by atoms with Crippen molar-refractivity contribution < 1.29 is 9.32 Å². The Hall–Kier alpha value is -1.59. The van der Waals surface area contributed by atoms with Crippen LogP contribution in [0.2, 0.25) is 0 Å². The van der Waals surface area contributed by atoms with Crippen LogP contribution in [0.5, 0.6) is 0 Å². The van der Waals surface area contributed by atoms with E-state index in [9.17, 15) is 4.79 Å². The molecule has 2 rings (SSSR count). The number of anilines is 1. The molecule has 1 aromatic heterocycles. The van der Waals surface area contributed by atoms with Crippen LogP contribution in [0.3, 0.4) is 0 Å². The fourth-order valence-corrected chi connectivity index (χ4v) is 2.23. The summed E-state index contributed by atoms with van der Waals surface area (Å²) < 4.78 is 5.32. The molecule has 2 heterocycles. The van der Waals surface area contributed by atoms with Gasteiger partial charge in [-0.25, -0.2) is 0 Å². The fraction of sp³-hybridized carbons (Fsp3) is 0.786. The number of nitrogens with zero attached hydrogens (tertiary/aromatic N) is 3. The largest absolute Gasteiger partial charge is 0.351 e. The van der Waals surface area contributed by atoms with Crippen molar-refractivity contribution in [3.05, 3.63) is 5.82 Å². The second kappa shape index (κ2) is 6.24. The molecule has 6 nitrogen and oxygen atoms in total. The van der Waals surface area contributed by atoms with Gasteiger partial charge in [0.1, 0.15) is 0 Å². The molecule has 0 radical (unpaired) electrons. The van der Waals surface area contributed by atoms with Crippen LogP contribution in [-0.4, -0.2) is 35.2 Å². The lowest BCUT2D eigenvalue weighted by molar-refractivity contribution is -0.124. The molecular formula is C14H24N4O2. The third-order valence-electron chi connectivity index (χ3n) is 3.51. The summed E-state index contributed by atoms with van der Waals surface area (Å²) in [6.07, 6.45) is 2.02. The van der Waals surface area contributed by atoms with E-state index in [-0.39, 0.29) is 23.8 Å². The molecule has 6 heteroatoms. The van der Waals surface area contributed by atoms with Gasteiger partial charge in [0.25, 0.3) is 0 Å². The highest BCUT2D eigenvalue weighted by molar-refractivity contribution is 5.78. The zero-order chi connectivity index (χ0) is 14.7. The van der Waals surface area contributed by atoms with Crippen LogP contribution < -0.4 is 10.2 Å². The molecule has 0 bridgehead atoms. The molecule has 1 atom stereocenters. The van der Waals surface area contributed by atoms with Crippen molar-refractivity contribution in [3.8, 4) is 0 Å². The van der Waals surface area contributed by atoms with E-state index in [1.807, 2.05) is 27.7 Å². The van der Waals surface area contributed by atoms with Gasteiger partial charge in [-0.3, -0.25) is 4.79 Å². The van der Waals surface area contributed by atoms with Gasteiger partial charge in [-0.2, -0.15) is 4.98 Å². The summed E-state index contributed by atoms with van der Waals surface area (Å²) in [5.41, 5.74) is 0. The van der Waals surface area contributed by atoms with E-state index in [1.165, 1.54) is 0 Å². The number of piperidine rings is 1. The Morgan fingerprint density at radius 3 is 2.75 bits per heavy atom. The van der Waals surface area contributed by atoms with Crippen molar-refractivity contribution >= 4 is 11.9 Å². The van der Waals surface area contributed by atoms with Crippen molar-refractivity contribution in [2.24, 2.45) is 5.92 Å². The van der Waals surface area contributed by atoms with E-state index >= 15 is 0 Å². The maximum atomic E-state index is 11.8. The molecule has 1 saturated heterocycles. The summed E-state index contributed by atoms with van der Waals surface area (Å²) in [7, 11) is 0. The molecular weight excluding hydrogens is 256 g/mol. The van der Waals surface area contributed by atoms with Gasteiger partial charge in [0.15, 0.2) is 5.82 Å². The van der Waals surface area contributed by atoms with Crippen LogP contribution in [0.1, 0.15) is 52.3 Å². The maximum absolute atomic E-state index is 11.8. The van der Waals surface area contributed by atoms with Crippen molar-refractivity contribution in [2.45, 2.75) is 52.5 Å². The summed E-state index contributed by atoms with van der Waals surface area (Å²) >= 11 is 0. The summed E-state index contributed by atoms with van der Waals surface area (Å²) in [6, 6.07) is 0.727. The highest BCUT2D eigenvalue weighted by Gasteiger charge is 2.25. The minimum absolute atomic E-state index is 0.0151. The number of rotatable bonds is 4. The fourth-order valence-electron chi connectivity index (χ4n) is 2.23. The monoisotopic (exact) mass is 280 g/mol. The van der Waals surface area contributed by atoms with E-state index in [0.29, 0.717) is 6.01 Å². The van der Waals surface area contributed by atoms with Gasteiger partial charge < -0.3 is 14.7 Å². The first-order valence-electron chi connectivity index (χ1n) is 7.36. The van der Waals surface area contributed by atoms with E-state index in [4.69, 9.17) is 4.52 Å². The Bertz CT molecular complexity index is 456. The van der Waals surface area contributed by atoms with Gasteiger partial charge in [-0.1, -0.05) is 32.9 Å². The predicted octanol–water partition coefficient (Wildman–Crippen LogP) is 1.93. The summed E-state index contributed by atoms with van der Waals surface area (Å²) in [5, 5.41) is 7.07. The van der Waals surface area contributed by atoms with Gasteiger partial charge in [-0.15, -0.1) is 0 Å². The molecule has 1 fully saturated rings. The van der Waals surface area contributed by atoms with E-state index in [1.54, 1.807) is 0 Å². The average molecular weight is 280 g/mol. The first-order valence-corrected chi connectivity index (χ1v) is 7.36. The molecule has 1 aromatic rings. The van der Waals surface area contributed by atoms with Gasteiger partial charge in [0, 0.05) is 31.0 Å². The number of carbonyl (C=O) groups excluding carboxylic acids is 1. The second-order valence-corrected chi connectivity index (χ2v) is 6.04. The van der Waals surface area contributed by atoms with Crippen LogP contribution in [0, 0.1) is 5.92 Å². The minimum atomic E-state index is 0.0151. The van der Waals surface area contributed by atoms with Crippen LogP contribution in [-0.2, 0) is 4.79 Å². The minimum Gasteiger partial charge on any atom is -0.351 e. The van der Waals surface area contributed by atoms with Crippen molar-refractivity contribution in [1.29, 1.82) is 0 Å². The molecule has 112 valence electrons. The van der Waals surface area contributed by atoms with Crippen molar-refractivity contribution in [1.82, 2.24) is 15.5 Å².